The fraction of sp³-hybridized carbons (Fsp3) is 0.760. The topological polar surface area (TPSA) is 18.5 Å². The molecule has 3 aliphatic carbocycles. The lowest BCUT2D eigenvalue weighted by atomic mass is 9.76. The van der Waals surface area contributed by atoms with E-state index >= 15 is 0 Å². The van der Waals surface area contributed by atoms with E-state index in [4.69, 9.17) is 9.47 Å². The summed E-state index contributed by atoms with van der Waals surface area (Å²) in [5.74, 6) is 2.09. The molecule has 0 aromatic carbocycles. The second-order valence-electron chi connectivity index (χ2n) is 9.65. The molecule has 1 unspecified atom stereocenters. The molecule has 1 atom stereocenters. The Balaban J connectivity index is 1.25. The maximum absolute atomic E-state index is 14.9. The van der Waals surface area contributed by atoms with Gasteiger partial charge >= 0.3 is 0 Å². The van der Waals surface area contributed by atoms with Crippen LogP contribution in [0.2, 0.25) is 0 Å². The highest BCUT2D eigenvalue weighted by atomic mass is 19.1. The number of alkyl halides is 1. The molecule has 3 fully saturated rings. The van der Waals surface area contributed by atoms with E-state index in [1.54, 1.807) is 6.08 Å². The van der Waals surface area contributed by atoms with Crippen molar-refractivity contribution in [3.05, 3.63) is 36.2 Å². The number of allylic oxidation sites excluding steroid dienone is 4. The molecule has 4 aliphatic rings. The first-order valence-electron chi connectivity index (χ1n) is 11.7. The summed E-state index contributed by atoms with van der Waals surface area (Å²) in [5.41, 5.74) is 0.839. The lowest BCUT2D eigenvalue weighted by molar-refractivity contribution is -0.225. The van der Waals surface area contributed by atoms with Gasteiger partial charge in [-0.2, -0.15) is 0 Å². The predicted molar refractivity (Wildman–Crippen MR) is 112 cm³/mol. The smallest absolute Gasteiger partial charge is 0.164 e. The normalized spacial score (nSPS) is 41.4. The Kier molecular flexibility index (Phi) is 7.23. The van der Waals surface area contributed by atoms with Crippen LogP contribution in [0.5, 0.6) is 0 Å². The Morgan fingerprint density at radius 1 is 0.966 bits per heavy atom. The van der Waals surface area contributed by atoms with Crippen LogP contribution < -0.4 is 0 Å². The molecular formula is C25H36F2O2. The van der Waals surface area contributed by atoms with Gasteiger partial charge in [0.25, 0.3) is 0 Å². The standard InChI is InChI=1S/C25H36F2O2/c1-2-17-3-7-19(8-4-17)22-15-28-25(29-16-22)21-11-12-23(24(27)13-21)20-9-5-18(14-26)6-10-20/h2,12-13,17-22,25H,1,3-11,14-16H2. The molecule has 0 bridgehead atoms. The number of hydrogen-bond donors (Lipinski definition) is 0. The summed E-state index contributed by atoms with van der Waals surface area (Å²) in [6, 6.07) is 0. The number of halogens is 2. The second-order valence-corrected chi connectivity index (χ2v) is 9.65. The van der Waals surface area contributed by atoms with E-state index in [2.05, 4.69) is 18.7 Å². The third-order valence-corrected chi connectivity index (χ3v) is 7.87. The summed E-state index contributed by atoms with van der Waals surface area (Å²) in [5, 5.41) is 0. The zero-order chi connectivity index (χ0) is 20.2. The SMILES string of the molecule is C=CC1CCC(C2COC(C3C=C(F)C(C4CCC(CF)CC4)=CC3)OC2)CC1. The molecule has 4 heteroatoms. The Morgan fingerprint density at radius 2 is 1.66 bits per heavy atom. The highest BCUT2D eigenvalue weighted by Crippen LogP contribution is 2.41. The van der Waals surface area contributed by atoms with E-state index in [0.717, 1.165) is 50.9 Å². The maximum atomic E-state index is 14.9. The number of rotatable bonds is 5. The van der Waals surface area contributed by atoms with Gasteiger partial charge in [-0.05, 0) is 93.1 Å². The Labute approximate surface area is 174 Å². The molecule has 0 spiro atoms. The fourth-order valence-electron chi connectivity index (χ4n) is 5.80. The summed E-state index contributed by atoms with van der Waals surface area (Å²) < 4.78 is 39.8. The van der Waals surface area contributed by atoms with Crippen LogP contribution in [0.25, 0.3) is 0 Å². The first kappa shape index (κ1) is 21.2. The van der Waals surface area contributed by atoms with Crippen LogP contribution in [0.15, 0.2) is 36.2 Å². The van der Waals surface area contributed by atoms with Gasteiger partial charge in [0, 0.05) is 11.8 Å². The lowest BCUT2D eigenvalue weighted by Gasteiger charge is -2.39. The van der Waals surface area contributed by atoms with Crippen LogP contribution in [0, 0.1) is 35.5 Å². The Bertz CT molecular complexity index is 604. The Morgan fingerprint density at radius 3 is 2.24 bits per heavy atom. The van der Waals surface area contributed by atoms with E-state index in [1.807, 2.05) is 0 Å². The average Bonchev–Trinajstić information content (AvgIpc) is 2.79. The Hall–Kier alpha value is -1.00. The monoisotopic (exact) mass is 406 g/mol. The van der Waals surface area contributed by atoms with Crippen molar-refractivity contribution in [3.8, 4) is 0 Å². The van der Waals surface area contributed by atoms with Gasteiger partial charge in [0.2, 0.25) is 0 Å². The molecule has 29 heavy (non-hydrogen) atoms. The minimum absolute atomic E-state index is 0.0432. The van der Waals surface area contributed by atoms with E-state index < -0.39 is 0 Å². The van der Waals surface area contributed by atoms with Crippen molar-refractivity contribution in [2.75, 3.05) is 19.9 Å². The van der Waals surface area contributed by atoms with Crippen molar-refractivity contribution in [3.63, 3.8) is 0 Å². The van der Waals surface area contributed by atoms with Crippen LogP contribution in [-0.4, -0.2) is 26.2 Å². The van der Waals surface area contributed by atoms with Crippen molar-refractivity contribution in [2.24, 2.45) is 35.5 Å². The van der Waals surface area contributed by atoms with Crippen molar-refractivity contribution < 1.29 is 18.3 Å². The number of ether oxygens (including phenoxy) is 2. The molecule has 0 aromatic heterocycles. The molecule has 1 saturated heterocycles. The molecule has 0 amide bonds. The van der Waals surface area contributed by atoms with Gasteiger partial charge in [0.05, 0.1) is 19.9 Å². The second kappa shape index (κ2) is 9.87. The van der Waals surface area contributed by atoms with Crippen molar-refractivity contribution in [2.45, 2.75) is 64.1 Å². The summed E-state index contributed by atoms with van der Waals surface area (Å²) in [6.07, 6.45) is 14.8. The summed E-state index contributed by atoms with van der Waals surface area (Å²) >= 11 is 0. The molecule has 4 rings (SSSR count). The van der Waals surface area contributed by atoms with Gasteiger partial charge in [0.1, 0.15) is 5.83 Å². The minimum Gasteiger partial charge on any atom is -0.352 e. The molecule has 162 valence electrons. The first-order chi connectivity index (χ1) is 14.2. The fourth-order valence-corrected chi connectivity index (χ4v) is 5.80. The third kappa shape index (κ3) is 5.02. The summed E-state index contributed by atoms with van der Waals surface area (Å²) in [7, 11) is 0. The van der Waals surface area contributed by atoms with E-state index in [-0.39, 0.29) is 36.5 Å². The highest BCUT2D eigenvalue weighted by molar-refractivity contribution is 5.32. The average molecular weight is 407 g/mol. The van der Waals surface area contributed by atoms with E-state index in [1.165, 1.54) is 25.7 Å². The molecule has 0 aromatic rings. The summed E-state index contributed by atoms with van der Waals surface area (Å²) in [4.78, 5) is 0. The van der Waals surface area contributed by atoms with Crippen molar-refractivity contribution in [1.82, 2.24) is 0 Å². The quantitative estimate of drug-likeness (QED) is 0.482. The molecule has 2 saturated carbocycles. The molecule has 0 radical (unpaired) electrons. The number of hydrogen-bond acceptors (Lipinski definition) is 2. The van der Waals surface area contributed by atoms with Crippen molar-refractivity contribution >= 4 is 0 Å². The van der Waals surface area contributed by atoms with Crippen molar-refractivity contribution in [1.29, 1.82) is 0 Å². The summed E-state index contributed by atoms with van der Waals surface area (Å²) in [6.45, 7) is 5.14. The minimum atomic E-state index is -0.332. The lowest BCUT2D eigenvalue weighted by Crippen LogP contribution is -2.40. The van der Waals surface area contributed by atoms with E-state index in [0.29, 0.717) is 17.8 Å². The molecule has 0 N–H and O–H groups in total. The zero-order valence-corrected chi connectivity index (χ0v) is 17.5. The van der Waals surface area contributed by atoms with Gasteiger partial charge in [-0.1, -0.05) is 12.2 Å². The van der Waals surface area contributed by atoms with Crippen LogP contribution in [0.3, 0.4) is 0 Å². The van der Waals surface area contributed by atoms with Gasteiger partial charge in [-0.25, -0.2) is 4.39 Å². The zero-order valence-electron chi connectivity index (χ0n) is 17.5. The first-order valence-corrected chi connectivity index (χ1v) is 11.7. The van der Waals surface area contributed by atoms with Gasteiger partial charge < -0.3 is 9.47 Å². The van der Waals surface area contributed by atoms with Crippen LogP contribution >= 0.6 is 0 Å². The highest BCUT2D eigenvalue weighted by Gasteiger charge is 2.35. The molecule has 1 heterocycles. The van der Waals surface area contributed by atoms with Crippen LogP contribution in [-0.2, 0) is 9.47 Å². The predicted octanol–water partition coefficient (Wildman–Crippen LogP) is 6.54. The van der Waals surface area contributed by atoms with Crippen LogP contribution in [0.1, 0.15) is 57.8 Å². The van der Waals surface area contributed by atoms with Crippen LogP contribution in [0.4, 0.5) is 8.78 Å². The maximum Gasteiger partial charge on any atom is 0.164 e. The van der Waals surface area contributed by atoms with Gasteiger partial charge in [-0.3, -0.25) is 4.39 Å². The van der Waals surface area contributed by atoms with E-state index in [9.17, 15) is 8.78 Å². The molecule has 2 nitrogen and oxygen atoms in total. The molecule has 1 aliphatic heterocycles. The largest absolute Gasteiger partial charge is 0.352 e. The third-order valence-electron chi connectivity index (χ3n) is 7.87. The van der Waals surface area contributed by atoms with Gasteiger partial charge in [-0.15, -0.1) is 6.58 Å². The van der Waals surface area contributed by atoms with Gasteiger partial charge in [0.15, 0.2) is 6.29 Å². The molecular weight excluding hydrogens is 370 g/mol.